The van der Waals surface area contributed by atoms with Crippen LogP contribution in [-0.4, -0.2) is 40.3 Å². The van der Waals surface area contributed by atoms with Crippen LogP contribution in [0.15, 0.2) is 30.3 Å². The highest BCUT2D eigenvalue weighted by Crippen LogP contribution is 2.30. The lowest BCUT2D eigenvalue weighted by Crippen LogP contribution is -2.45. The maximum atomic E-state index is 10.4. The molecule has 1 aromatic carbocycles. The van der Waals surface area contributed by atoms with Crippen molar-refractivity contribution in [2.75, 3.05) is 7.05 Å². The molecule has 0 amide bonds. The summed E-state index contributed by atoms with van der Waals surface area (Å²) in [5.74, 6) is 0. The molecule has 0 radical (unpaired) electrons. The highest BCUT2D eigenvalue weighted by Gasteiger charge is 2.29. The lowest BCUT2D eigenvalue weighted by Gasteiger charge is -2.41. The van der Waals surface area contributed by atoms with Gasteiger partial charge in [0.1, 0.15) is 0 Å². The average Bonchev–Trinajstić information content (AvgIpc) is 2.43. The molecule has 1 heterocycles. The van der Waals surface area contributed by atoms with Crippen LogP contribution >= 0.6 is 0 Å². The second-order valence-corrected chi connectivity index (χ2v) is 6.15. The number of benzene rings is 1. The summed E-state index contributed by atoms with van der Waals surface area (Å²) in [6.45, 7) is 1.86. The molecule has 1 fully saturated rings. The molecule has 4 atom stereocenters. The van der Waals surface area contributed by atoms with Crippen LogP contribution in [0.1, 0.15) is 50.7 Å². The van der Waals surface area contributed by atoms with Crippen molar-refractivity contribution in [1.82, 2.24) is 4.90 Å². The Balaban J connectivity index is 1.94. The van der Waals surface area contributed by atoms with E-state index >= 15 is 0 Å². The molecule has 0 unspecified atom stereocenters. The molecule has 1 aromatic rings. The standard InChI is InChI=1S/C17H27NO2/c1-13(19)11-15-9-6-10-16(18(15)2)12-17(20)14-7-4-3-5-8-14/h3-5,7-8,13,15-17,19-20H,6,9-12H2,1-2H3/t13-,15+,16+,17+/m1/s1. The van der Waals surface area contributed by atoms with Gasteiger partial charge in [-0.1, -0.05) is 36.8 Å². The van der Waals surface area contributed by atoms with E-state index in [1.807, 2.05) is 37.3 Å². The molecule has 0 saturated carbocycles. The van der Waals surface area contributed by atoms with Crippen LogP contribution in [0.25, 0.3) is 0 Å². The summed E-state index contributed by atoms with van der Waals surface area (Å²) in [5, 5.41) is 20.0. The summed E-state index contributed by atoms with van der Waals surface area (Å²) in [4.78, 5) is 2.36. The van der Waals surface area contributed by atoms with Gasteiger partial charge in [-0.15, -0.1) is 0 Å². The Bertz CT molecular complexity index is 393. The molecule has 3 nitrogen and oxygen atoms in total. The fraction of sp³-hybridized carbons (Fsp3) is 0.647. The number of piperidine rings is 1. The molecular formula is C17H27NO2. The van der Waals surface area contributed by atoms with Crippen molar-refractivity contribution >= 4 is 0 Å². The quantitative estimate of drug-likeness (QED) is 0.870. The molecule has 0 bridgehead atoms. The van der Waals surface area contributed by atoms with Crippen molar-refractivity contribution < 1.29 is 10.2 Å². The normalized spacial score (nSPS) is 27.2. The molecule has 1 aliphatic heterocycles. The number of aliphatic hydroxyl groups is 2. The van der Waals surface area contributed by atoms with Crippen molar-refractivity contribution in [2.45, 2.75) is 63.3 Å². The first-order valence-electron chi connectivity index (χ1n) is 7.71. The molecule has 1 aliphatic rings. The number of rotatable bonds is 5. The minimum absolute atomic E-state index is 0.250. The molecule has 2 rings (SSSR count). The Morgan fingerprint density at radius 3 is 2.30 bits per heavy atom. The molecule has 0 aliphatic carbocycles. The summed E-state index contributed by atoms with van der Waals surface area (Å²) in [6.07, 6.45) is 4.43. The van der Waals surface area contributed by atoms with E-state index in [0.717, 1.165) is 31.2 Å². The van der Waals surface area contributed by atoms with Crippen molar-refractivity contribution in [3.8, 4) is 0 Å². The van der Waals surface area contributed by atoms with E-state index < -0.39 is 6.10 Å². The first kappa shape index (κ1) is 15.5. The van der Waals surface area contributed by atoms with Crippen LogP contribution in [0, 0.1) is 0 Å². The van der Waals surface area contributed by atoms with Crippen LogP contribution in [0.3, 0.4) is 0 Å². The van der Waals surface area contributed by atoms with Gasteiger partial charge in [-0.2, -0.15) is 0 Å². The third-order valence-electron chi connectivity index (χ3n) is 4.52. The van der Waals surface area contributed by atoms with E-state index in [4.69, 9.17) is 0 Å². The van der Waals surface area contributed by atoms with Crippen LogP contribution < -0.4 is 0 Å². The van der Waals surface area contributed by atoms with Gasteiger partial charge in [-0.25, -0.2) is 0 Å². The third-order valence-corrected chi connectivity index (χ3v) is 4.52. The van der Waals surface area contributed by atoms with Gasteiger partial charge in [-0.3, -0.25) is 0 Å². The maximum Gasteiger partial charge on any atom is 0.0805 e. The monoisotopic (exact) mass is 277 g/mol. The van der Waals surface area contributed by atoms with E-state index in [0.29, 0.717) is 12.1 Å². The predicted molar refractivity (Wildman–Crippen MR) is 81.5 cm³/mol. The van der Waals surface area contributed by atoms with E-state index in [9.17, 15) is 10.2 Å². The molecule has 0 spiro atoms. The highest BCUT2D eigenvalue weighted by molar-refractivity contribution is 5.17. The zero-order valence-corrected chi connectivity index (χ0v) is 12.6. The van der Waals surface area contributed by atoms with Gasteiger partial charge in [0.25, 0.3) is 0 Å². The van der Waals surface area contributed by atoms with E-state index in [-0.39, 0.29) is 6.10 Å². The van der Waals surface area contributed by atoms with Gasteiger partial charge < -0.3 is 15.1 Å². The fourth-order valence-electron chi connectivity index (χ4n) is 3.33. The largest absolute Gasteiger partial charge is 0.393 e. The number of aliphatic hydroxyl groups excluding tert-OH is 2. The Kier molecular flexibility index (Phi) is 5.58. The second kappa shape index (κ2) is 7.21. The summed E-state index contributed by atoms with van der Waals surface area (Å²) in [6, 6.07) is 10.7. The molecule has 112 valence electrons. The van der Waals surface area contributed by atoms with E-state index in [1.54, 1.807) is 0 Å². The summed E-state index contributed by atoms with van der Waals surface area (Å²) < 4.78 is 0. The van der Waals surface area contributed by atoms with Crippen LogP contribution in [0.5, 0.6) is 0 Å². The third kappa shape index (κ3) is 4.05. The van der Waals surface area contributed by atoms with Crippen LogP contribution in [-0.2, 0) is 0 Å². The van der Waals surface area contributed by atoms with Gasteiger partial charge in [0.2, 0.25) is 0 Å². The molecule has 3 heteroatoms. The van der Waals surface area contributed by atoms with Crippen molar-refractivity contribution in [3.05, 3.63) is 35.9 Å². The minimum Gasteiger partial charge on any atom is -0.393 e. The van der Waals surface area contributed by atoms with Gasteiger partial charge in [0.05, 0.1) is 12.2 Å². The average molecular weight is 277 g/mol. The minimum atomic E-state index is -0.394. The van der Waals surface area contributed by atoms with Gasteiger partial charge in [0, 0.05) is 12.1 Å². The maximum absolute atomic E-state index is 10.4. The van der Waals surface area contributed by atoms with Gasteiger partial charge in [-0.05, 0) is 45.2 Å². The molecule has 20 heavy (non-hydrogen) atoms. The summed E-state index contributed by atoms with van der Waals surface area (Å²) in [7, 11) is 2.13. The van der Waals surface area contributed by atoms with E-state index in [1.165, 1.54) is 6.42 Å². The van der Waals surface area contributed by atoms with Crippen molar-refractivity contribution in [1.29, 1.82) is 0 Å². The summed E-state index contributed by atoms with van der Waals surface area (Å²) >= 11 is 0. The smallest absolute Gasteiger partial charge is 0.0805 e. The zero-order valence-electron chi connectivity index (χ0n) is 12.6. The van der Waals surface area contributed by atoms with Gasteiger partial charge >= 0.3 is 0 Å². The Labute approximate surface area is 122 Å². The van der Waals surface area contributed by atoms with Crippen molar-refractivity contribution in [2.24, 2.45) is 0 Å². The Morgan fingerprint density at radius 2 is 1.70 bits per heavy atom. The molecule has 2 N–H and O–H groups in total. The number of hydrogen-bond donors (Lipinski definition) is 2. The van der Waals surface area contributed by atoms with Gasteiger partial charge in [0.15, 0.2) is 0 Å². The summed E-state index contributed by atoms with van der Waals surface area (Å²) in [5.41, 5.74) is 0.999. The predicted octanol–water partition coefficient (Wildman–Crippen LogP) is 2.73. The fourth-order valence-corrected chi connectivity index (χ4v) is 3.33. The Morgan fingerprint density at radius 1 is 1.10 bits per heavy atom. The first-order chi connectivity index (χ1) is 9.58. The lowest BCUT2D eigenvalue weighted by molar-refractivity contribution is 0.0390. The molecule has 0 aromatic heterocycles. The zero-order chi connectivity index (χ0) is 14.5. The topological polar surface area (TPSA) is 43.7 Å². The first-order valence-corrected chi connectivity index (χ1v) is 7.71. The lowest BCUT2D eigenvalue weighted by atomic mass is 9.89. The number of nitrogens with zero attached hydrogens (tertiary/aromatic N) is 1. The highest BCUT2D eigenvalue weighted by atomic mass is 16.3. The number of hydrogen-bond acceptors (Lipinski definition) is 3. The second-order valence-electron chi connectivity index (χ2n) is 6.15. The molecular weight excluding hydrogens is 250 g/mol. The van der Waals surface area contributed by atoms with Crippen LogP contribution in [0.4, 0.5) is 0 Å². The molecule has 1 saturated heterocycles. The van der Waals surface area contributed by atoms with E-state index in [2.05, 4.69) is 11.9 Å². The Hall–Kier alpha value is -0.900. The SMILES string of the molecule is C[C@@H](O)C[C@@H]1CCC[C@@H](C[C@H](O)c2ccccc2)N1C. The van der Waals surface area contributed by atoms with Crippen LogP contribution in [0.2, 0.25) is 0 Å². The number of likely N-dealkylation sites (tertiary alicyclic amines) is 1. The van der Waals surface area contributed by atoms with Crippen molar-refractivity contribution in [3.63, 3.8) is 0 Å².